The van der Waals surface area contributed by atoms with Crippen LogP contribution in [0.15, 0.2) is 41.2 Å². The van der Waals surface area contributed by atoms with Crippen LogP contribution in [0.3, 0.4) is 0 Å². The van der Waals surface area contributed by atoms with E-state index in [1.54, 1.807) is 18.6 Å². The molecule has 0 spiro atoms. The first kappa shape index (κ1) is 12.2. The number of carbonyl (C=O) groups excluding carboxylic acids is 1. The molecule has 4 heteroatoms. The molecule has 1 aromatic heterocycles. The van der Waals surface area contributed by atoms with Gasteiger partial charge in [-0.2, -0.15) is 0 Å². The van der Waals surface area contributed by atoms with Crippen molar-refractivity contribution in [2.24, 2.45) is 0 Å². The topological polar surface area (TPSA) is 51.5 Å². The quantitative estimate of drug-likeness (QED) is 0.841. The Morgan fingerprint density at radius 1 is 1.39 bits per heavy atom. The molecule has 0 aliphatic carbocycles. The first-order valence-electron chi connectivity index (χ1n) is 5.65. The Morgan fingerprint density at radius 3 is 2.89 bits per heavy atom. The molecule has 0 amide bonds. The molecule has 1 aromatic carbocycles. The second-order valence-corrected chi connectivity index (χ2v) is 3.95. The van der Waals surface area contributed by atoms with Crippen LogP contribution in [-0.4, -0.2) is 13.1 Å². The average molecular weight is 245 g/mol. The van der Waals surface area contributed by atoms with Crippen LogP contribution in [0.25, 0.3) is 0 Å². The smallest absolute Gasteiger partial charge is 0.338 e. The van der Waals surface area contributed by atoms with Crippen LogP contribution in [0.5, 0.6) is 0 Å². The minimum Gasteiger partial charge on any atom is -0.472 e. The number of hydrogen-bond donors (Lipinski definition) is 1. The van der Waals surface area contributed by atoms with Gasteiger partial charge in [0.1, 0.15) is 0 Å². The van der Waals surface area contributed by atoms with E-state index in [1.807, 2.05) is 25.1 Å². The summed E-state index contributed by atoms with van der Waals surface area (Å²) in [7, 11) is 1.38. The predicted molar refractivity (Wildman–Crippen MR) is 68.6 cm³/mol. The van der Waals surface area contributed by atoms with Crippen LogP contribution in [0, 0.1) is 6.92 Å². The summed E-state index contributed by atoms with van der Waals surface area (Å²) >= 11 is 0. The van der Waals surface area contributed by atoms with Crippen LogP contribution in [-0.2, 0) is 11.3 Å². The summed E-state index contributed by atoms with van der Waals surface area (Å²) in [6, 6.07) is 7.41. The van der Waals surface area contributed by atoms with Crippen molar-refractivity contribution in [3.63, 3.8) is 0 Å². The molecule has 0 saturated heterocycles. The highest BCUT2D eigenvalue weighted by atomic mass is 16.5. The SMILES string of the molecule is COC(=O)c1cccc(NCc2ccoc2)c1C. The third kappa shape index (κ3) is 2.53. The molecule has 2 rings (SSSR count). The van der Waals surface area contributed by atoms with Gasteiger partial charge in [-0.25, -0.2) is 4.79 Å². The number of carbonyl (C=O) groups is 1. The maximum Gasteiger partial charge on any atom is 0.338 e. The zero-order valence-corrected chi connectivity index (χ0v) is 10.4. The minimum absolute atomic E-state index is 0.320. The van der Waals surface area contributed by atoms with Gasteiger partial charge in [0.05, 0.1) is 25.2 Å². The number of ether oxygens (including phenoxy) is 1. The van der Waals surface area contributed by atoms with Gasteiger partial charge < -0.3 is 14.5 Å². The molecule has 0 unspecified atom stereocenters. The van der Waals surface area contributed by atoms with Gasteiger partial charge in [0.15, 0.2) is 0 Å². The molecule has 0 bridgehead atoms. The van der Waals surface area contributed by atoms with Crippen molar-refractivity contribution >= 4 is 11.7 Å². The fourth-order valence-corrected chi connectivity index (χ4v) is 1.75. The highest BCUT2D eigenvalue weighted by Gasteiger charge is 2.11. The molecule has 2 aromatic rings. The normalized spacial score (nSPS) is 10.1. The summed E-state index contributed by atoms with van der Waals surface area (Å²) in [5.41, 5.74) is 3.43. The Labute approximate surface area is 106 Å². The van der Waals surface area contributed by atoms with Crippen LogP contribution < -0.4 is 5.32 Å². The molecule has 1 heterocycles. The van der Waals surface area contributed by atoms with Gasteiger partial charge in [-0.3, -0.25) is 0 Å². The molecule has 0 saturated carbocycles. The number of esters is 1. The number of benzene rings is 1. The summed E-state index contributed by atoms with van der Waals surface area (Å²) in [6.07, 6.45) is 3.32. The van der Waals surface area contributed by atoms with Crippen molar-refractivity contribution in [3.8, 4) is 0 Å². The lowest BCUT2D eigenvalue weighted by Crippen LogP contribution is -2.07. The monoisotopic (exact) mass is 245 g/mol. The molecular weight excluding hydrogens is 230 g/mol. The van der Waals surface area contributed by atoms with Gasteiger partial charge >= 0.3 is 5.97 Å². The Balaban J connectivity index is 2.16. The van der Waals surface area contributed by atoms with E-state index in [0.717, 1.165) is 16.8 Å². The molecule has 0 fully saturated rings. The summed E-state index contributed by atoms with van der Waals surface area (Å²) < 4.78 is 9.74. The Morgan fingerprint density at radius 2 is 2.22 bits per heavy atom. The minimum atomic E-state index is -0.320. The number of furan rings is 1. The Bertz CT molecular complexity index is 532. The van der Waals surface area contributed by atoms with Crippen molar-refractivity contribution < 1.29 is 13.9 Å². The molecule has 0 atom stereocenters. The van der Waals surface area contributed by atoms with Crippen LogP contribution in [0.1, 0.15) is 21.5 Å². The van der Waals surface area contributed by atoms with Crippen molar-refractivity contribution in [2.75, 3.05) is 12.4 Å². The van der Waals surface area contributed by atoms with Crippen LogP contribution >= 0.6 is 0 Å². The maximum atomic E-state index is 11.6. The van der Waals surface area contributed by atoms with Gasteiger partial charge in [-0.05, 0) is 30.7 Å². The first-order chi connectivity index (χ1) is 8.72. The number of rotatable bonds is 4. The largest absolute Gasteiger partial charge is 0.472 e. The van der Waals surface area contributed by atoms with Gasteiger partial charge in [-0.1, -0.05) is 6.07 Å². The second kappa shape index (κ2) is 5.40. The van der Waals surface area contributed by atoms with Gasteiger partial charge in [-0.15, -0.1) is 0 Å². The van der Waals surface area contributed by atoms with Gasteiger partial charge in [0.2, 0.25) is 0 Å². The molecule has 0 aliphatic rings. The number of hydrogen-bond acceptors (Lipinski definition) is 4. The second-order valence-electron chi connectivity index (χ2n) is 3.95. The standard InChI is InChI=1S/C14H15NO3/c1-10-12(14(16)17-2)4-3-5-13(10)15-8-11-6-7-18-9-11/h3-7,9,15H,8H2,1-2H3. The third-order valence-electron chi connectivity index (χ3n) is 2.80. The third-order valence-corrected chi connectivity index (χ3v) is 2.80. The molecule has 4 nitrogen and oxygen atoms in total. The van der Waals surface area contributed by atoms with E-state index >= 15 is 0 Å². The van der Waals surface area contributed by atoms with E-state index in [-0.39, 0.29) is 5.97 Å². The molecule has 1 N–H and O–H groups in total. The summed E-state index contributed by atoms with van der Waals surface area (Å²) in [4.78, 5) is 11.6. The van der Waals surface area contributed by atoms with Crippen molar-refractivity contribution in [1.29, 1.82) is 0 Å². The zero-order valence-electron chi connectivity index (χ0n) is 10.4. The van der Waals surface area contributed by atoms with E-state index in [4.69, 9.17) is 9.15 Å². The molecule has 94 valence electrons. The lowest BCUT2D eigenvalue weighted by molar-refractivity contribution is 0.0600. The zero-order chi connectivity index (χ0) is 13.0. The lowest BCUT2D eigenvalue weighted by atomic mass is 10.1. The Hall–Kier alpha value is -2.23. The maximum absolute atomic E-state index is 11.6. The highest BCUT2D eigenvalue weighted by molar-refractivity contribution is 5.92. The fraction of sp³-hybridized carbons (Fsp3) is 0.214. The van der Waals surface area contributed by atoms with Crippen molar-refractivity contribution in [2.45, 2.75) is 13.5 Å². The Kier molecular flexibility index (Phi) is 3.67. The van der Waals surface area contributed by atoms with E-state index < -0.39 is 0 Å². The van der Waals surface area contributed by atoms with E-state index in [9.17, 15) is 4.79 Å². The van der Waals surface area contributed by atoms with Gasteiger partial charge in [0, 0.05) is 17.8 Å². The van der Waals surface area contributed by atoms with Crippen molar-refractivity contribution in [3.05, 3.63) is 53.5 Å². The number of anilines is 1. The highest BCUT2D eigenvalue weighted by Crippen LogP contribution is 2.20. The summed E-state index contributed by atoms with van der Waals surface area (Å²) in [5, 5.41) is 3.27. The van der Waals surface area contributed by atoms with Gasteiger partial charge in [0.25, 0.3) is 0 Å². The van der Waals surface area contributed by atoms with Crippen LogP contribution in [0.2, 0.25) is 0 Å². The molecular formula is C14H15NO3. The average Bonchev–Trinajstić information content (AvgIpc) is 2.90. The summed E-state index contributed by atoms with van der Waals surface area (Å²) in [6.45, 7) is 2.55. The van der Waals surface area contributed by atoms with Crippen LogP contribution in [0.4, 0.5) is 5.69 Å². The number of nitrogens with one attached hydrogen (secondary N) is 1. The predicted octanol–water partition coefficient (Wildman–Crippen LogP) is 2.99. The lowest BCUT2D eigenvalue weighted by Gasteiger charge is -2.11. The molecule has 0 aliphatic heterocycles. The van der Waals surface area contributed by atoms with E-state index in [0.29, 0.717) is 12.1 Å². The number of methoxy groups -OCH3 is 1. The van der Waals surface area contributed by atoms with E-state index in [1.165, 1.54) is 7.11 Å². The summed E-state index contributed by atoms with van der Waals surface area (Å²) in [5.74, 6) is -0.320. The molecule has 0 radical (unpaired) electrons. The van der Waals surface area contributed by atoms with Crippen molar-refractivity contribution in [1.82, 2.24) is 0 Å². The fourth-order valence-electron chi connectivity index (χ4n) is 1.75. The first-order valence-corrected chi connectivity index (χ1v) is 5.65. The van der Waals surface area contributed by atoms with E-state index in [2.05, 4.69) is 5.32 Å². The molecule has 18 heavy (non-hydrogen) atoms.